The van der Waals surface area contributed by atoms with E-state index >= 15 is 0 Å². The van der Waals surface area contributed by atoms with Gasteiger partial charge in [0.2, 0.25) is 0 Å². The highest BCUT2D eigenvalue weighted by Crippen LogP contribution is 2.45. The van der Waals surface area contributed by atoms with Crippen LogP contribution in [0.3, 0.4) is 0 Å². The van der Waals surface area contributed by atoms with Gasteiger partial charge in [-0.15, -0.1) is 0 Å². The lowest BCUT2D eigenvalue weighted by atomic mass is 9.83. The minimum Gasteiger partial charge on any atom is -0.378 e. The number of anilines is 1. The molecule has 5 nitrogen and oxygen atoms in total. The number of alkyl halides is 3. The molecule has 166 valence electrons. The van der Waals surface area contributed by atoms with E-state index in [2.05, 4.69) is 15.3 Å². The SMILES string of the molecule is CC1(C)CC(C)(c2cc(NC(=O)c3ncc(C(F)(F)F)cc3Cl)ccc2F)N=C(N)S1. The van der Waals surface area contributed by atoms with Gasteiger partial charge in [0.15, 0.2) is 5.17 Å². The largest absolute Gasteiger partial charge is 0.417 e. The summed E-state index contributed by atoms with van der Waals surface area (Å²) in [6.07, 6.45) is -3.62. The Hall–Kier alpha value is -2.33. The van der Waals surface area contributed by atoms with E-state index in [4.69, 9.17) is 17.3 Å². The van der Waals surface area contributed by atoms with Crippen LogP contribution >= 0.6 is 23.4 Å². The zero-order valence-electron chi connectivity index (χ0n) is 16.8. The summed E-state index contributed by atoms with van der Waals surface area (Å²) in [6.45, 7) is 5.69. The number of benzene rings is 1. The van der Waals surface area contributed by atoms with Crippen LogP contribution in [0.4, 0.5) is 23.2 Å². The quantitative estimate of drug-likeness (QED) is 0.568. The van der Waals surface area contributed by atoms with Crippen LogP contribution in [0.5, 0.6) is 0 Å². The fraction of sp³-hybridized carbons (Fsp3) is 0.350. The van der Waals surface area contributed by atoms with Crippen molar-refractivity contribution < 1.29 is 22.4 Å². The average molecular weight is 475 g/mol. The lowest BCUT2D eigenvalue weighted by molar-refractivity contribution is -0.137. The number of nitrogens with zero attached hydrogens (tertiary/aromatic N) is 2. The molecule has 2 heterocycles. The smallest absolute Gasteiger partial charge is 0.378 e. The maximum atomic E-state index is 14.7. The van der Waals surface area contributed by atoms with Crippen LogP contribution in [0.1, 0.15) is 48.8 Å². The molecule has 1 amide bonds. The third-order valence-electron chi connectivity index (χ3n) is 4.70. The van der Waals surface area contributed by atoms with E-state index < -0.39 is 34.0 Å². The minimum atomic E-state index is -4.64. The van der Waals surface area contributed by atoms with Crippen LogP contribution in [-0.4, -0.2) is 20.8 Å². The van der Waals surface area contributed by atoms with Crippen molar-refractivity contribution in [3.8, 4) is 0 Å². The Kier molecular flexibility index (Phi) is 6.01. The molecule has 1 aliphatic rings. The number of carbonyl (C=O) groups is 1. The molecule has 3 N–H and O–H groups in total. The molecule has 2 aromatic rings. The molecule has 0 fully saturated rings. The van der Waals surface area contributed by atoms with Gasteiger partial charge in [-0.05, 0) is 37.6 Å². The normalized spacial score (nSPS) is 20.8. The van der Waals surface area contributed by atoms with E-state index in [0.717, 1.165) is 0 Å². The summed E-state index contributed by atoms with van der Waals surface area (Å²) in [5, 5.41) is 2.37. The first-order valence-electron chi connectivity index (χ1n) is 9.09. The van der Waals surface area contributed by atoms with Gasteiger partial charge in [0.05, 0.1) is 16.1 Å². The number of carbonyl (C=O) groups excluding carboxylic acids is 1. The van der Waals surface area contributed by atoms with Crippen LogP contribution in [0.2, 0.25) is 5.02 Å². The zero-order valence-corrected chi connectivity index (χ0v) is 18.3. The number of pyridine rings is 1. The second-order valence-corrected chi connectivity index (χ2v) is 10.1. The van der Waals surface area contributed by atoms with Gasteiger partial charge in [-0.1, -0.05) is 37.2 Å². The zero-order chi connectivity index (χ0) is 23.2. The van der Waals surface area contributed by atoms with Crippen LogP contribution in [-0.2, 0) is 11.7 Å². The van der Waals surface area contributed by atoms with Gasteiger partial charge in [-0.3, -0.25) is 9.79 Å². The van der Waals surface area contributed by atoms with Gasteiger partial charge < -0.3 is 11.1 Å². The second kappa shape index (κ2) is 7.98. The van der Waals surface area contributed by atoms with E-state index in [1.807, 2.05) is 13.8 Å². The first-order chi connectivity index (χ1) is 14.2. The van der Waals surface area contributed by atoms with Gasteiger partial charge in [-0.25, -0.2) is 9.37 Å². The van der Waals surface area contributed by atoms with Crippen LogP contribution < -0.4 is 11.1 Å². The summed E-state index contributed by atoms with van der Waals surface area (Å²) in [5.41, 5.74) is 3.97. The number of rotatable bonds is 3. The van der Waals surface area contributed by atoms with Crippen molar-refractivity contribution in [2.45, 2.75) is 43.7 Å². The summed E-state index contributed by atoms with van der Waals surface area (Å²) in [6, 6.07) is 4.56. The number of hydrogen-bond acceptors (Lipinski definition) is 5. The summed E-state index contributed by atoms with van der Waals surface area (Å²) < 4.78 is 52.7. The molecule has 1 aromatic heterocycles. The van der Waals surface area contributed by atoms with Crippen molar-refractivity contribution in [3.05, 3.63) is 58.1 Å². The standard InChI is InChI=1S/C20H19ClF4N4OS/c1-18(2)9-19(3,29-17(26)31-18)12-7-11(4-5-14(12)22)28-16(30)15-13(21)6-10(8-27-15)20(23,24)25/h4-8H,9H2,1-3H3,(H2,26,29)(H,28,30). The number of amidine groups is 1. The van der Waals surface area contributed by atoms with Crippen molar-refractivity contribution in [3.63, 3.8) is 0 Å². The summed E-state index contributed by atoms with van der Waals surface area (Å²) in [7, 11) is 0. The topological polar surface area (TPSA) is 80.4 Å². The van der Waals surface area contributed by atoms with E-state index in [9.17, 15) is 22.4 Å². The van der Waals surface area contributed by atoms with Gasteiger partial charge in [0.1, 0.15) is 11.5 Å². The fourth-order valence-electron chi connectivity index (χ4n) is 3.58. The summed E-state index contributed by atoms with van der Waals surface area (Å²) in [4.78, 5) is 20.5. The monoisotopic (exact) mass is 474 g/mol. The summed E-state index contributed by atoms with van der Waals surface area (Å²) >= 11 is 7.22. The number of nitrogens with one attached hydrogen (secondary N) is 1. The van der Waals surface area contributed by atoms with Crippen LogP contribution in [0.15, 0.2) is 35.5 Å². The minimum absolute atomic E-state index is 0.213. The van der Waals surface area contributed by atoms with Crippen molar-refractivity contribution in [1.82, 2.24) is 4.98 Å². The third kappa shape index (κ3) is 5.12. The maximum absolute atomic E-state index is 14.7. The molecule has 0 aliphatic carbocycles. The number of aromatic nitrogens is 1. The lowest BCUT2D eigenvalue weighted by Crippen LogP contribution is -2.38. The Labute approximate surface area is 185 Å². The molecule has 0 saturated heterocycles. The van der Waals surface area contributed by atoms with Gasteiger partial charge in [-0.2, -0.15) is 13.2 Å². The number of aliphatic imine (C=N–C) groups is 1. The van der Waals surface area contributed by atoms with E-state index in [0.29, 0.717) is 23.9 Å². The van der Waals surface area contributed by atoms with Crippen molar-refractivity contribution >= 4 is 40.1 Å². The molecule has 1 atom stereocenters. The highest BCUT2D eigenvalue weighted by atomic mass is 35.5. The predicted octanol–water partition coefficient (Wildman–Crippen LogP) is 5.59. The van der Waals surface area contributed by atoms with Gasteiger partial charge in [0, 0.05) is 22.2 Å². The van der Waals surface area contributed by atoms with Crippen LogP contribution in [0.25, 0.3) is 0 Å². The molecule has 0 spiro atoms. The third-order valence-corrected chi connectivity index (χ3v) is 5.98. The average Bonchev–Trinajstić information content (AvgIpc) is 2.60. The van der Waals surface area contributed by atoms with Gasteiger partial charge >= 0.3 is 6.18 Å². The first kappa shape index (κ1) is 23.3. The summed E-state index contributed by atoms with van der Waals surface area (Å²) in [5.74, 6) is -1.35. The van der Waals surface area contributed by atoms with E-state index in [1.165, 1.54) is 30.0 Å². The van der Waals surface area contributed by atoms with E-state index in [1.54, 1.807) is 6.92 Å². The molecule has 1 aromatic carbocycles. The Balaban J connectivity index is 1.91. The molecular weight excluding hydrogens is 456 g/mol. The van der Waals surface area contributed by atoms with Gasteiger partial charge in [0.25, 0.3) is 5.91 Å². The Bertz CT molecular complexity index is 1070. The predicted molar refractivity (Wildman–Crippen MR) is 114 cm³/mol. The Morgan fingerprint density at radius 2 is 1.94 bits per heavy atom. The molecule has 0 bridgehead atoms. The number of nitrogens with two attached hydrogens (primary N) is 1. The molecule has 0 radical (unpaired) electrons. The second-order valence-electron chi connectivity index (χ2n) is 7.96. The maximum Gasteiger partial charge on any atom is 0.417 e. The number of hydrogen-bond donors (Lipinski definition) is 2. The molecule has 3 rings (SSSR count). The Morgan fingerprint density at radius 3 is 2.52 bits per heavy atom. The molecular formula is C20H19ClF4N4OS. The lowest BCUT2D eigenvalue weighted by Gasteiger charge is -2.39. The molecule has 0 saturated carbocycles. The molecule has 1 aliphatic heterocycles. The molecule has 31 heavy (non-hydrogen) atoms. The first-order valence-corrected chi connectivity index (χ1v) is 10.3. The van der Waals surface area contributed by atoms with Crippen LogP contribution in [0, 0.1) is 5.82 Å². The van der Waals surface area contributed by atoms with Crippen molar-refractivity contribution in [2.24, 2.45) is 10.7 Å². The fourth-order valence-corrected chi connectivity index (χ4v) is 4.99. The number of halogens is 5. The highest BCUT2D eigenvalue weighted by Gasteiger charge is 2.41. The Morgan fingerprint density at radius 1 is 1.26 bits per heavy atom. The molecule has 1 unspecified atom stereocenters. The number of thioether (sulfide) groups is 1. The van der Waals surface area contributed by atoms with Crippen molar-refractivity contribution in [1.29, 1.82) is 0 Å². The molecule has 11 heteroatoms. The number of amides is 1. The van der Waals surface area contributed by atoms with E-state index in [-0.39, 0.29) is 21.7 Å². The highest BCUT2D eigenvalue weighted by molar-refractivity contribution is 8.15. The van der Waals surface area contributed by atoms with Crippen molar-refractivity contribution in [2.75, 3.05) is 5.32 Å².